The SMILES string of the molecule is C=N/N=C(\OCC(F)F)c1ccc(CN(c2cccnc2)S(=O)NCC(C)N(C)C(C)CO)cc1. The number of likely N-dealkylation sites (N-methyl/N-ethyl adjacent to an activating group) is 1. The Balaban J connectivity index is 2.15. The zero-order valence-electron chi connectivity index (χ0n) is 20.1. The average molecular weight is 511 g/mol. The second-order valence-corrected chi connectivity index (χ2v) is 9.06. The molecular weight excluding hydrogens is 478 g/mol. The number of hydrogen-bond acceptors (Lipinski definition) is 7. The molecule has 2 rings (SSSR count). The molecule has 12 heteroatoms. The van der Waals surface area contributed by atoms with Gasteiger partial charge in [-0.15, -0.1) is 5.10 Å². The molecule has 0 fully saturated rings. The summed E-state index contributed by atoms with van der Waals surface area (Å²) in [4.78, 5) is 6.13. The number of benzene rings is 1. The van der Waals surface area contributed by atoms with Gasteiger partial charge in [0.05, 0.1) is 25.0 Å². The smallest absolute Gasteiger partial charge is 0.272 e. The minimum absolute atomic E-state index is 0.0254. The highest BCUT2D eigenvalue weighted by atomic mass is 32.2. The first-order valence-corrected chi connectivity index (χ1v) is 12.1. The van der Waals surface area contributed by atoms with Gasteiger partial charge in [0.1, 0.15) is 0 Å². The summed E-state index contributed by atoms with van der Waals surface area (Å²) < 4.78 is 48.0. The number of aliphatic hydroxyl groups is 1. The molecule has 2 N–H and O–H groups in total. The average Bonchev–Trinajstić information content (AvgIpc) is 2.87. The quantitative estimate of drug-likeness (QED) is 0.231. The Hall–Kier alpha value is -2.80. The van der Waals surface area contributed by atoms with E-state index in [9.17, 15) is 18.1 Å². The molecule has 9 nitrogen and oxygen atoms in total. The predicted octanol–water partition coefficient (Wildman–Crippen LogP) is 2.60. The summed E-state index contributed by atoms with van der Waals surface area (Å²) in [6, 6.07) is 10.4. The van der Waals surface area contributed by atoms with Crippen LogP contribution in [-0.4, -0.2) is 77.1 Å². The fourth-order valence-electron chi connectivity index (χ4n) is 3.02. The van der Waals surface area contributed by atoms with Crippen LogP contribution >= 0.6 is 0 Å². The molecule has 0 aliphatic carbocycles. The van der Waals surface area contributed by atoms with Crippen molar-refractivity contribution in [1.29, 1.82) is 0 Å². The maximum atomic E-state index is 13.2. The first-order chi connectivity index (χ1) is 16.8. The number of rotatable bonds is 14. The van der Waals surface area contributed by atoms with E-state index < -0.39 is 24.2 Å². The van der Waals surface area contributed by atoms with Crippen LogP contribution in [0.4, 0.5) is 14.5 Å². The van der Waals surface area contributed by atoms with Gasteiger partial charge in [-0.1, -0.05) is 12.1 Å². The molecule has 0 saturated heterocycles. The van der Waals surface area contributed by atoms with Gasteiger partial charge in [0.25, 0.3) is 6.43 Å². The molecule has 1 heterocycles. The van der Waals surface area contributed by atoms with E-state index >= 15 is 0 Å². The van der Waals surface area contributed by atoms with Crippen LogP contribution in [0.2, 0.25) is 0 Å². The molecular formula is C23H32F2N6O3S. The summed E-state index contributed by atoms with van der Waals surface area (Å²) in [5, 5.41) is 16.4. The van der Waals surface area contributed by atoms with Crippen molar-refractivity contribution >= 4 is 29.5 Å². The number of hydrogen-bond donors (Lipinski definition) is 2. The summed E-state index contributed by atoms with van der Waals surface area (Å²) in [7, 11) is 1.90. The summed E-state index contributed by atoms with van der Waals surface area (Å²) >= 11 is -1.59. The monoisotopic (exact) mass is 510 g/mol. The van der Waals surface area contributed by atoms with Gasteiger partial charge in [-0.25, -0.2) is 17.7 Å². The Bertz CT molecular complexity index is 965. The lowest BCUT2D eigenvalue weighted by Gasteiger charge is -2.30. The van der Waals surface area contributed by atoms with Gasteiger partial charge in [-0.05, 0) is 50.7 Å². The molecule has 0 aliphatic rings. The number of nitrogens with one attached hydrogen (secondary N) is 1. The number of aliphatic hydroxyl groups excluding tert-OH is 1. The van der Waals surface area contributed by atoms with Crippen molar-refractivity contribution in [3.63, 3.8) is 0 Å². The van der Waals surface area contributed by atoms with Crippen LogP contribution in [0, 0.1) is 0 Å². The lowest BCUT2D eigenvalue weighted by Crippen LogP contribution is -2.46. The third-order valence-electron chi connectivity index (χ3n) is 5.33. The van der Waals surface area contributed by atoms with Crippen molar-refractivity contribution in [3.05, 3.63) is 59.9 Å². The van der Waals surface area contributed by atoms with Crippen molar-refractivity contribution in [2.24, 2.45) is 10.2 Å². The number of anilines is 1. The van der Waals surface area contributed by atoms with Crippen molar-refractivity contribution in [2.75, 3.05) is 31.1 Å². The van der Waals surface area contributed by atoms with Crippen molar-refractivity contribution < 1.29 is 22.8 Å². The second-order valence-electron chi connectivity index (χ2n) is 7.84. The van der Waals surface area contributed by atoms with Crippen molar-refractivity contribution in [3.8, 4) is 0 Å². The van der Waals surface area contributed by atoms with Crippen molar-refractivity contribution in [2.45, 2.75) is 38.9 Å². The molecule has 0 amide bonds. The molecule has 1 aromatic carbocycles. The van der Waals surface area contributed by atoms with Gasteiger partial charge >= 0.3 is 0 Å². The maximum absolute atomic E-state index is 13.2. The minimum Gasteiger partial charge on any atom is -0.470 e. The van der Waals surface area contributed by atoms with Crippen LogP contribution in [0.25, 0.3) is 0 Å². The highest BCUT2D eigenvalue weighted by molar-refractivity contribution is 7.84. The standard InChI is InChI=1S/C23H32F2N6O3S/c1-17(30(4)18(2)15-32)12-28-35(33)31(21-6-5-11-27-13-21)14-19-7-9-20(10-8-19)23(29-26-3)34-16-22(24)25/h5-11,13,17-18,22,28,32H,3,12,14-16H2,1-2,4H3/b29-23-. The van der Waals surface area contributed by atoms with Crippen LogP contribution < -0.4 is 9.03 Å². The fourth-order valence-corrected chi connectivity index (χ4v) is 4.12. The Morgan fingerprint density at radius 2 is 1.97 bits per heavy atom. The molecule has 1 aromatic heterocycles. The van der Waals surface area contributed by atoms with E-state index in [1.807, 2.05) is 31.9 Å². The topological polar surface area (TPSA) is 103 Å². The Kier molecular flexibility index (Phi) is 11.8. The largest absolute Gasteiger partial charge is 0.470 e. The predicted molar refractivity (Wildman–Crippen MR) is 135 cm³/mol. The minimum atomic E-state index is -2.64. The van der Waals surface area contributed by atoms with Gasteiger partial charge in [0.2, 0.25) is 5.90 Å². The van der Waals surface area contributed by atoms with Crippen LogP contribution in [0.5, 0.6) is 0 Å². The summed E-state index contributed by atoms with van der Waals surface area (Å²) in [5.41, 5.74) is 1.93. The molecule has 0 radical (unpaired) electrons. The number of aromatic nitrogens is 1. The third kappa shape index (κ3) is 9.06. The van der Waals surface area contributed by atoms with E-state index in [-0.39, 0.29) is 31.1 Å². The molecule has 192 valence electrons. The molecule has 2 aromatic rings. The second kappa shape index (κ2) is 14.6. The molecule has 0 bridgehead atoms. The van der Waals surface area contributed by atoms with E-state index in [2.05, 4.69) is 26.6 Å². The zero-order valence-corrected chi connectivity index (χ0v) is 20.9. The lowest BCUT2D eigenvalue weighted by atomic mass is 10.1. The highest BCUT2D eigenvalue weighted by Gasteiger charge is 2.19. The van der Waals surface area contributed by atoms with Gasteiger partial charge in [-0.2, -0.15) is 5.10 Å². The molecule has 0 saturated carbocycles. The lowest BCUT2D eigenvalue weighted by molar-refractivity contribution is 0.0765. The first-order valence-electron chi connectivity index (χ1n) is 11.0. The van der Waals surface area contributed by atoms with Crippen LogP contribution in [0.3, 0.4) is 0 Å². The highest BCUT2D eigenvalue weighted by Crippen LogP contribution is 2.18. The van der Waals surface area contributed by atoms with Gasteiger partial charge < -0.3 is 9.84 Å². The van der Waals surface area contributed by atoms with Crippen LogP contribution in [-0.2, 0) is 22.5 Å². The van der Waals surface area contributed by atoms with Gasteiger partial charge in [0, 0.05) is 37.1 Å². The Morgan fingerprint density at radius 1 is 1.26 bits per heavy atom. The van der Waals surface area contributed by atoms with Crippen LogP contribution in [0.15, 0.2) is 59.0 Å². The van der Waals surface area contributed by atoms with E-state index in [1.54, 1.807) is 47.0 Å². The normalized spacial score (nSPS) is 14.6. The number of nitrogens with zero attached hydrogens (tertiary/aromatic N) is 5. The zero-order chi connectivity index (χ0) is 25.8. The van der Waals surface area contributed by atoms with E-state index in [1.165, 1.54) is 0 Å². The number of halogens is 2. The molecule has 3 atom stereocenters. The first kappa shape index (κ1) is 28.4. The van der Waals surface area contributed by atoms with E-state index in [0.717, 1.165) is 5.56 Å². The maximum Gasteiger partial charge on any atom is 0.272 e. The molecule has 0 aliphatic heterocycles. The Labute approximate surface area is 207 Å². The molecule has 3 unspecified atom stereocenters. The van der Waals surface area contributed by atoms with Crippen LogP contribution in [0.1, 0.15) is 25.0 Å². The molecule has 0 spiro atoms. The van der Waals surface area contributed by atoms with E-state index in [0.29, 0.717) is 17.8 Å². The summed E-state index contributed by atoms with van der Waals surface area (Å²) in [6.07, 6.45) is 0.610. The van der Waals surface area contributed by atoms with E-state index in [4.69, 9.17) is 4.74 Å². The number of pyridine rings is 1. The summed E-state index contributed by atoms with van der Waals surface area (Å²) in [5.74, 6) is -0.0589. The van der Waals surface area contributed by atoms with Gasteiger partial charge in [0.15, 0.2) is 17.8 Å². The van der Waals surface area contributed by atoms with Crippen molar-refractivity contribution in [1.82, 2.24) is 14.6 Å². The Morgan fingerprint density at radius 3 is 2.54 bits per heavy atom. The number of ether oxygens (including phenoxy) is 1. The van der Waals surface area contributed by atoms with Gasteiger partial charge in [-0.3, -0.25) is 14.2 Å². The number of alkyl halides is 2. The summed E-state index contributed by atoms with van der Waals surface area (Å²) in [6.45, 7) is 7.08. The fraction of sp³-hybridized carbons (Fsp3) is 0.435. The molecule has 35 heavy (non-hydrogen) atoms. The third-order valence-corrected chi connectivity index (χ3v) is 6.48.